The van der Waals surface area contributed by atoms with Gasteiger partial charge in [0, 0.05) is 6.54 Å². The Labute approximate surface area is 124 Å². The van der Waals surface area contributed by atoms with Crippen molar-refractivity contribution in [3.05, 3.63) is 35.4 Å². The van der Waals surface area contributed by atoms with Crippen LogP contribution in [0.4, 0.5) is 0 Å². The number of methoxy groups -OCH3 is 1. The minimum atomic E-state index is -0.616. The molecule has 0 bridgehead atoms. The zero-order valence-electron chi connectivity index (χ0n) is 11.3. The summed E-state index contributed by atoms with van der Waals surface area (Å²) in [6.07, 6.45) is 2.25. The molecule has 1 amide bonds. The molecule has 6 heteroatoms. The predicted octanol–water partition coefficient (Wildman–Crippen LogP) is 1.04. The van der Waals surface area contributed by atoms with E-state index in [1.165, 1.54) is 7.11 Å². The minimum Gasteiger partial charge on any atom is -0.465 e. The third kappa shape index (κ3) is 3.95. The van der Waals surface area contributed by atoms with Crippen molar-refractivity contribution in [2.45, 2.75) is 24.8 Å². The van der Waals surface area contributed by atoms with Gasteiger partial charge in [-0.3, -0.25) is 4.79 Å². The van der Waals surface area contributed by atoms with E-state index in [9.17, 15) is 9.59 Å². The Morgan fingerprint density at radius 1 is 1.30 bits per heavy atom. The molecule has 0 spiro atoms. The first kappa shape index (κ1) is 16.5. The van der Waals surface area contributed by atoms with Crippen molar-refractivity contribution in [3.63, 3.8) is 0 Å². The Kier molecular flexibility index (Phi) is 5.53. The van der Waals surface area contributed by atoms with Gasteiger partial charge in [-0.1, -0.05) is 12.1 Å². The number of halogens is 1. The standard InChI is InChI=1S/C14H18N2O3.ClH/c1-19-12(17)11-4-2-10(3-5-11)6-9-16-13(18)14(15)7-8-14;/h2-5H,6-9,15H2,1H3,(H,16,18);1H. The van der Waals surface area contributed by atoms with Crippen LogP contribution >= 0.6 is 12.4 Å². The van der Waals surface area contributed by atoms with E-state index in [2.05, 4.69) is 10.1 Å². The second kappa shape index (κ2) is 6.72. The molecule has 0 aliphatic heterocycles. The summed E-state index contributed by atoms with van der Waals surface area (Å²) in [5.74, 6) is -0.419. The highest BCUT2D eigenvalue weighted by molar-refractivity contribution is 5.89. The molecule has 2 rings (SSSR count). The zero-order valence-corrected chi connectivity index (χ0v) is 12.2. The lowest BCUT2D eigenvalue weighted by molar-refractivity contribution is -0.123. The maximum Gasteiger partial charge on any atom is 0.337 e. The molecular formula is C14H19ClN2O3. The molecule has 1 aromatic rings. The largest absolute Gasteiger partial charge is 0.465 e. The number of hydrogen-bond donors (Lipinski definition) is 2. The number of ether oxygens (including phenoxy) is 1. The number of nitrogens with one attached hydrogen (secondary N) is 1. The molecule has 0 atom stereocenters. The second-order valence-corrected chi connectivity index (χ2v) is 4.85. The van der Waals surface area contributed by atoms with E-state index in [0.29, 0.717) is 18.5 Å². The van der Waals surface area contributed by atoms with Crippen LogP contribution in [0.5, 0.6) is 0 Å². The summed E-state index contributed by atoms with van der Waals surface area (Å²) >= 11 is 0. The Bertz CT molecular complexity index is 484. The van der Waals surface area contributed by atoms with E-state index in [0.717, 1.165) is 18.4 Å². The molecule has 0 unspecified atom stereocenters. The summed E-state index contributed by atoms with van der Waals surface area (Å²) in [7, 11) is 1.35. The van der Waals surface area contributed by atoms with Crippen molar-refractivity contribution in [1.29, 1.82) is 0 Å². The predicted molar refractivity (Wildman–Crippen MR) is 77.9 cm³/mol. The molecule has 0 radical (unpaired) electrons. The zero-order chi connectivity index (χ0) is 13.9. The van der Waals surface area contributed by atoms with Gasteiger partial charge in [0.15, 0.2) is 0 Å². The number of benzene rings is 1. The lowest BCUT2D eigenvalue weighted by Gasteiger charge is -2.10. The van der Waals surface area contributed by atoms with Crippen LogP contribution in [0.3, 0.4) is 0 Å². The van der Waals surface area contributed by atoms with Crippen LogP contribution in [0, 0.1) is 0 Å². The van der Waals surface area contributed by atoms with Crippen LogP contribution in [0.15, 0.2) is 24.3 Å². The summed E-state index contributed by atoms with van der Waals surface area (Å²) in [6.45, 7) is 0.551. The lowest BCUT2D eigenvalue weighted by atomic mass is 10.1. The molecule has 5 nitrogen and oxygen atoms in total. The maximum atomic E-state index is 11.6. The highest BCUT2D eigenvalue weighted by Gasteiger charge is 2.45. The van der Waals surface area contributed by atoms with Gasteiger partial charge >= 0.3 is 5.97 Å². The lowest BCUT2D eigenvalue weighted by Crippen LogP contribution is -2.43. The molecule has 20 heavy (non-hydrogen) atoms. The maximum absolute atomic E-state index is 11.6. The monoisotopic (exact) mass is 298 g/mol. The number of hydrogen-bond acceptors (Lipinski definition) is 4. The van der Waals surface area contributed by atoms with Gasteiger partial charge in [0.05, 0.1) is 18.2 Å². The van der Waals surface area contributed by atoms with Crippen molar-refractivity contribution in [1.82, 2.24) is 5.32 Å². The third-order valence-electron chi connectivity index (χ3n) is 3.32. The van der Waals surface area contributed by atoms with Gasteiger partial charge in [0.25, 0.3) is 0 Å². The molecular weight excluding hydrogens is 280 g/mol. The number of carbonyl (C=O) groups excluding carboxylic acids is 2. The fourth-order valence-electron chi connectivity index (χ4n) is 1.78. The van der Waals surface area contributed by atoms with Crippen LogP contribution in [-0.2, 0) is 16.0 Å². The first-order valence-corrected chi connectivity index (χ1v) is 6.29. The highest BCUT2D eigenvalue weighted by Crippen LogP contribution is 2.31. The van der Waals surface area contributed by atoms with Gasteiger partial charge in [-0.05, 0) is 37.0 Å². The number of rotatable bonds is 5. The van der Waals surface area contributed by atoms with Crippen LogP contribution in [0.25, 0.3) is 0 Å². The van der Waals surface area contributed by atoms with Crippen LogP contribution in [0.2, 0.25) is 0 Å². The van der Waals surface area contributed by atoms with Crippen molar-refractivity contribution < 1.29 is 14.3 Å². The Hall–Kier alpha value is -1.59. The van der Waals surface area contributed by atoms with E-state index < -0.39 is 5.54 Å². The molecule has 3 N–H and O–H groups in total. The average molecular weight is 299 g/mol. The van der Waals surface area contributed by atoms with Crippen molar-refractivity contribution in [3.8, 4) is 0 Å². The van der Waals surface area contributed by atoms with Crippen LogP contribution in [0.1, 0.15) is 28.8 Å². The highest BCUT2D eigenvalue weighted by atomic mass is 35.5. The normalized spacial score (nSPS) is 14.9. The smallest absolute Gasteiger partial charge is 0.337 e. The fraction of sp³-hybridized carbons (Fsp3) is 0.429. The number of amides is 1. The van der Waals surface area contributed by atoms with Gasteiger partial charge in [-0.2, -0.15) is 0 Å². The van der Waals surface area contributed by atoms with Gasteiger partial charge in [-0.15, -0.1) is 12.4 Å². The topological polar surface area (TPSA) is 81.4 Å². The average Bonchev–Trinajstić information content (AvgIpc) is 3.18. The number of esters is 1. The molecule has 1 saturated carbocycles. The third-order valence-corrected chi connectivity index (χ3v) is 3.32. The molecule has 0 aromatic heterocycles. The van der Waals surface area contributed by atoms with E-state index >= 15 is 0 Å². The Balaban J connectivity index is 0.00000200. The van der Waals surface area contributed by atoms with Gasteiger partial charge in [0.2, 0.25) is 5.91 Å². The molecule has 1 aliphatic carbocycles. The first-order valence-electron chi connectivity index (χ1n) is 6.29. The van der Waals surface area contributed by atoms with Gasteiger partial charge in [0.1, 0.15) is 0 Å². The summed E-state index contributed by atoms with van der Waals surface area (Å²) in [5, 5.41) is 2.83. The number of carbonyl (C=O) groups is 2. The Morgan fingerprint density at radius 2 is 1.90 bits per heavy atom. The van der Waals surface area contributed by atoms with Crippen molar-refractivity contribution in [2.75, 3.05) is 13.7 Å². The molecule has 110 valence electrons. The van der Waals surface area contributed by atoms with Gasteiger partial charge in [-0.25, -0.2) is 4.79 Å². The summed E-state index contributed by atoms with van der Waals surface area (Å²) in [6, 6.07) is 7.14. The summed E-state index contributed by atoms with van der Waals surface area (Å²) in [4.78, 5) is 22.9. The molecule has 0 saturated heterocycles. The first-order chi connectivity index (χ1) is 9.05. The second-order valence-electron chi connectivity index (χ2n) is 4.85. The van der Waals surface area contributed by atoms with E-state index in [1.807, 2.05) is 12.1 Å². The minimum absolute atomic E-state index is 0. The van der Waals surface area contributed by atoms with E-state index in [1.54, 1.807) is 12.1 Å². The van der Waals surface area contributed by atoms with Crippen molar-refractivity contribution >= 4 is 24.3 Å². The summed E-state index contributed by atoms with van der Waals surface area (Å²) < 4.78 is 4.62. The molecule has 1 aliphatic rings. The van der Waals surface area contributed by atoms with Crippen LogP contribution in [-0.4, -0.2) is 31.1 Å². The van der Waals surface area contributed by atoms with Crippen LogP contribution < -0.4 is 11.1 Å². The summed E-state index contributed by atoms with van der Waals surface area (Å²) in [5.41, 5.74) is 6.73. The fourth-order valence-corrected chi connectivity index (χ4v) is 1.78. The molecule has 0 heterocycles. The molecule has 1 aromatic carbocycles. The van der Waals surface area contributed by atoms with Crippen molar-refractivity contribution in [2.24, 2.45) is 5.73 Å². The number of nitrogens with two attached hydrogens (primary N) is 1. The SMILES string of the molecule is COC(=O)c1ccc(CCNC(=O)C2(N)CC2)cc1.Cl. The van der Waals surface area contributed by atoms with E-state index in [-0.39, 0.29) is 24.3 Å². The van der Waals surface area contributed by atoms with Gasteiger partial charge < -0.3 is 15.8 Å². The quantitative estimate of drug-likeness (QED) is 0.796. The van der Waals surface area contributed by atoms with E-state index in [4.69, 9.17) is 5.73 Å². The Morgan fingerprint density at radius 3 is 2.40 bits per heavy atom. The molecule has 1 fully saturated rings.